The van der Waals surface area contributed by atoms with Crippen LogP contribution >= 0.6 is 0 Å². The molecule has 6 rings (SSSR count). The maximum Gasteiger partial charge on any atom is 0.254 e. The van der Waals surface area contributed by atoms with E-state index in [1.807, 2.05) is 23.5 Å². The first-order chi connectivity index (χ1) is 21.2. The first-order valence-corrected chi connectivity index (χ1v) is 14.8. The van der Waals surface area contributed by atoms with Gasteiger partial charge in [0.1, 0.15) is 0 Å². The van der Waals surface area contributed by atoms with Gasteiger partial charge >= 0.3 is 0 Å². The van der Waals surface area contributed by atoms with E-state index >= 15 is 0 Å². The number of fused-ring (bicyclic) bond motifs is 1. The number of hydrogen-bond acceptors (Lipinski definition) is 8. The molecule has 0 aliphatic carbocycles. The molecule has 2 amide bonds. The molecule has 4 N–H and O–H groups in total. The van der Waals surface area contributed by atoms with E-state index in [0.717, 1.165) is 17.8 Å². The van der Waals surface area contributed by atoms with Crippen molar-refractivity contribution >= 4 is 29.0 Å². The minimum absolute atomic E-state index is 0.0616. The summed E-state index contributed by atoms with van der Waals surface area (Å²) in [6, 6.07) is 10.3. The van der Waals surface area contributed by atoms with E-state index in [4.69, 9.17) is 4.74 Å². The molecule has 0 spiro atoms. The average molecular weight is 602 g/mol. The second-order valence-corrected chi connectivity index (χ2v) is 11.6. The molecule has 0 saturated carbocycles. The smallest absolute Gasteiger partial charge is 0.254 e. The highest BCUT2D eigenvalue weighted by molar-refractivity contribution is 5.96. The summed E-state index contributed by atoms with van der Waals surface area (Å²) in [4.78, 5) is 36.9. The SMILES string of the molecule is COc1ccc(-c2cnc3c(Nc4ccc(C(=O)N5CCC(C(=O)NCC6(O)CCNC6)CC5)c(C)c4)nccn23)cc1F. The Bertz CT molecular complexity index is 1690. The number of methoxy groups -OCH3 is 1. The molecule has 230 valence electrons. The number of imidazole rings is 1. The van der Waals surface area contributed by atoms with Gasteiger partial charge in [0.15, 0.2) is 23.0 Å². The maximum atomic E-state index is 14.4. The number of benzene rings is 2. The molecule has 0 bridgehead atoms. The van der Waals surface area contributed by atoms with Gasteiger partial charge in [0.2, 0.25) is 5.91 Å². The minimum atomic E-state index is -0.882. The van der Waals surface area contributed by atoms with Gasteiger partial charge in [0.25, 0.3) is 5.91 Å². The van der Waals surface area contributed by atoms with Gasteiger partial charge in [0.05, 0.1) is 24.6 Å². The number of ether oxygens (including phenoxy) is 1. The fraction of sp³-hybridized carbons (Fsp3) is 0.375. The van der Waals surface area contributed by atoms with Crippen LogP contribution in [0.1, 0.15) is 35.2 Å². The van der Waals surface area contributed by atoms with Crippen LogP contribution in [0.25, 0.3) is 16.9 Å². The molecule has 2 saturated heterocycles. The first-order valence-electron chi connectivity index (χ1n) is 14.8. The van der Waals surface area contributed by atoms with Crippen LogP contribution in [0.4, 0.5) is 15.9 Å². The van der Waals surface area contributed by atoms with E-state index in [1.54, 1.807) is 41.7 Å². The normalized spacial score (nSPS) is 18.9. The van der Waals surface area contributed by atoms with Crippen molar-refractivity contribution < 1.29 is 23.8 Å². The molecule has 2 aliphatic rings. The summed E-state index contributed by atoms with van der Waals surface area (Å²) in [6.45, 7) is 4.35. The number of aliphatic hydroxyl groups is 1. The predicted molar refractivity (Wildman–Crippen MR) is 163 cm³/mol. The van der Waals surface area contributed by atoms with Crippen LogP contribution in [0.2, 0.25) is 0 Å². The summed E-state index contributed by atoms with van der Waals surface area (Å²) in [5, 5.41) is 19.8. The molecule has 11 nitrogen and oxygen atoms in total. The van der Waals surface area contributed by atoms with E-state index in [1.165, 1.54) is 13.2 Å². The lowest BCUT2D eigenvalue weighted by Gasteiger charge is -2.32. The van der Waals surface area contributed by atoms with Crippen LogP contribution in [-0.2, 0) is 4.79 Å². The van der Waals surface area contributed by atoms with E-state index in [0.29, 0.717) is 67.2 Å². The number of rotatable bonds is 8. The number of carbonyl (C=O) groups excluding carboxylic acids is 2. The number of amides is 2. The van der Waals surface area contributed by atoms with Gasteiger partial charge in [-0.05, 0) is 74.7 Å². The highest BCUT2D eigenvalue weighted by Crippen LogP contribution is 2.29. The number of nitrogens with one attached hydrogen (secondary N) is 3. The summed E-state index contributed by atoms with van der Waals surface area (Å²) < 4.78 is 21.2. The standard InChI is InChI=1S/C32H36FN7O4/c1-20-15-23(38-28-29-36-17-26(40(29)14-11-35-28)22-3-6-27(44-2)25(33)16-22)4-5-24(20)31(42)39-12-7-21(8-13-39)30(41)37-19-32(43)9-10-34-18-32/h3-6,11,14-17,21,34,43H,7-10,12-13,18-19H2,1-2H3,(H,35,38)(H,37,41). The van der Waals surface area contributed by atoms with Crippen molar-refractivity contribution in [3.05, 3.63) is 71.9 Å². The lowest BCUT2D eigenvalue weighted by atomic mass is 9.94. The summed E-state index contributed by atoms with van der Waals surface area (Å²) in [7, 11) is 1.43. The van der Waals surface area contributed by atoms with Crippen molar-refractivity contribution in [2.75, 3.05) is 45.2 Å². The van der Waals surface area contributed by atoms with Gasteiger partial charge in [-0.15, -0.1) is 0 Å². The number of nitrogens with zero attached hydrogens (tertiary/aromatic N) is 4. The quantitative estimate of drug-likeness (QED) is 0.242. The minimum Gasteiger partial charge on any atom is -0.494 e. The molecule has 2 aliphatic heterocycles. The Morgan fingerprint density at radius 1 is 1.18 bits per heavy atom. The highest BCUT2D eigenvalue weighted by atomic mass is 19.1. The molecule has 1 unspecified atom stereocenters. The molecule has 2 aromatic heterocycles. The number of hydrogen-bond donors (Lipinski definition) is 4. The number of anilines is 2. The number of carbonyl (C=O) groups is 2. The second-order valence-electron chi connectivity index (χ2n) is 11.6. The van der Waals surface area contributed by atoms with Gasteiger partial charge in [0, 0.05) is 61.3 Å². The molecule has 1 atom stereocenters. The third kappa shape index (κ3) is 5.95. The zero-order chi connectivity index (χ0) is 30.8. The van der Waals surface area contributed by atoms with Crippen LogP contribution in [0.5, 0.6) is 5.75 Å². The molecule has 44 heavy (non-hydrogen) atoms. The summed E-state index contributed by atoms with van der Waals surface area (Å²) in [5.41, 5.74) is 3.19. The van der Waals surface area contributed by atoms with Gasteiger partial charge in [-0.1, -0.05) is 0 Å². The molecular weight excluding hydrogens is 565 g/mol. The molecule has 2 fully saturated rings. The number of piperidine rings is 1. The lowest BCUT2D eigenvalue weighted by Crippen LogP contribution is -2.48. The van der Waals surface area contributed by atoms with E-state index < -0.39 is 11.4 Å². The Labute approximate surface area is 254 Å². The fourth-order valence-electron chi connectivity index (χ4n) is 5.96. The molecule has 4 heterocycles. The third-order valence-electron chi connectivity index (χ3n) is 8.56. The topological polar surface area (TPSA) is 133 Å². The molecule has 4 aromatic rings. The van der Waals surface area contributed by atoms with Crippen molar-refractivity contribution in [1.82, 2.24) is 29.9 Å². The lowest BCUT2D eigenvalue weighted by molar-refractivity contribution is -0.127. The summed E-state index contributed by atoms with van der Waals surface area (Å²) in [5.74, 6) is -0.0717. The number of halogens is 1. The van der Waals surface area contributed by atoms with Gasteiger partial charge < -0.3 is 30.7 Å². The Hall–Kier alpha value is -4.55. The molecular formula is C32H36FN7O4. The molecule has 12 heteroatoms. The Balaban J connectivity index is 1.09. The van der Waals surface area contributed by atoms with Crippen LogP contribution in [-0.4, -0.2) is 81.6 Å². The fourth-order valence-corrected chi connectivity index (χ4v) is 5.96. The maximum absolute atomic E-state index is 14.4. The highest BCUT2D eigenvalue weighted by Gasteiger charge is 2.33. The zero-order valence-corrected chi connectivity index (χ0v) is 24.8. The number of β-amino-alcohol motifs (C(OH)–C–C–N with tert-alkyl or cyclic N) is 1. The van der Waals surface area contributed by atoms with Crippen molar-refractivity contribution in [3.63, 3.8) is 0 Å². The number of likely N-dealkylation sites (tertiary alicyclic amines) is 1. The van der Waals surface area contributed by atoms with Crippen LogP contribution < -0.4 is 20.7 Å². The van der Waals surface area contributed by atoms with E-state index in [2.05, 4.69) is 25.9 Å². The largest absolute Gasteiger partial charge is 0.494 e. The van der Waals surface area contributed by atoms with E-state index in [9.17, 15) is 19.1 Å². The first kappa shape index (κ1) is 29.5. The Morgan fingerprint density at radius 3 is 2.70 bits per heavy atom. The summed E-state index contributed by atoms with van der Waals surface area (Å²) in [6.07, 6.45) is 6.86. The number of aryl methyl sites for hydroxylation is 1. The Kier molecular flexibility index (Phi) is 8.19. The Morgan fingerprint density at radius 2 is 2.00 bits per heavy atom. The van der Waals surface area contributed by atoms with Crippen molar-refractivity contribution in [2.24, 2.45) is 5.92 Å². The van der Waals surface area contributed by atoms with Crippen molar-refractivity contribution in [1.29, 1.82) is 0 Å². The van der Waals surface area contributed by atoms with Gasteiger partial charge in [-0.25, -0.2) is 14.4 Å². The van der Waals surface area contributed by atoms with Crippen LogP contribution in [0, 0.1) is 18.7 Å². The van der Waals surface area contributed by atoms with Gasteiger partial charge in [-0.2, -0.15) is 0 Å². The number of aromatic nitrogens is 3. The average Bonchev–Trinajstić information content (AvgIpc) is 3.67. The zero-order valence-electron chi connectivity index (χ0n) is 24.8. The van der Waals surface area contributed by atoms with Crippen LogP contribution in [0.3, 0.4) is 0 Å². The molecule has 2 aromatic carbocycles. The van der Waals surface area contributed by atoms with Crippen molar-refractivity contribution in [2.45, 2.75) is 31.8 Å². The summed E-state index contributed by atoms with van der Waals surface area (Å²) >= 11 is 0. The van der Waals surface area contributed by atoms with E-state index in [-0.39, 0.29) is 30.0 Å². The van der Waals surface area contributed by atoms with Crippen LogP contribution in [0.15, 0.2) is 55.0 Å². The van der Waals surface area contributed by atoms with Crippen molar-refractivity contribution in [3.8, 4) is 17.0 Å². The van der Waals surface area contributed by atoms with Gasteiger partial charge in [-0.3, -0.25) is 14.0 Å². The predicted octanol–water partition coefficient (Wildman–Crippen LogP) is 3.29. The molecule has 0 radical (unpaired) electrons. The third-order valence-corrected chi connectivity index (χ3v) is 8.56. The second kappa shape index (κ2) is 12.2. The monoisotopic (exact) mass is 601 g/mol.